The second-order valence-electron chi connectivity index (χ2n) is 3.31. The van der Waals surface area contributed by atoms with Gasteiger partial charge in [0.05, 0.1) is 5.69 Å². The Morgan fingerprint density at radius 1 is 1.69 bits per heavy atom. The van der Waals surface area contributed by atoms with E-state index in [1.807, 2.05) is 6.92 Å². The molecule has 0 spiro atoms. The number of aromatic nitrogens is 2. The molecule has 1 aromatic rings. The Labute approximate surface area is 81.7 Å². The minimum absolute atomic E-state index is 0.233. The van der Waals surface area contributed by atoms with Crippen LogP contribution in [0.2, 0.25) is 5.02 Å². The van der Waals surface area contributed by atoms with Gasteiger partial charge in [0, 0.05) is 7.05 Å². The first-order valence-corrected chi connectivity index (χ1v) is 4.57. The van der Waals surface area contributed by atoms with E-state index in [1.54, 1.807) is 11.7 Å². The van der Waals surface area contributed by atoms with E-state index in [0.29, 0.717) is 12.5 Å². The summed E-state index contributed by atoms with van der Waals surface area (Å²) >= 11 is 5.81. The molecule has 1 unspecified atom stereocenters. The number of H-pyrrole nitrogens is 1. The standard InChI is InChI=1S/C8H14ClN3O/c1-5(4-10)3-6-7(9)8(13)11-12(6)2/h5H,3-4,10H2,1-2H3,(H,11,13). The molecule has 0 bridgehead atoms. The van der Waals surface area contributed by atoms with E-state index < -0.39 is 0 Å². The van der Waals surface area contributed by atoms with Gasteiger partial charge in [0.25, 0.3) is 5.56 Å². The zero-order valence-corrected chi connectivity index (χ0v) is 8.56. The lowest BCUT2D eigenvalue weighted by Gasteiger charge is -2.08. The van der Waals surface area contributed by atoms with Crippen molar-refractivity contribution in [2.45, 2.75) is 13.3 Å². The highest BCUT2D eigenvalue weighted by molar-refractivity contribution is 6.31. The summed E-state index contributed by atoms with van der Waals surface area (Å²) in [6.45, 7) is 2.61. The zero-order chi connectivity index (χ0) is 10.0. The Bertz CT molecular complexity index is 342. The van der Waals surface area contributed by atoms with Crippen molar-refractivity contribution in [1.29, 1.82) is 0 Å². The van der Waals surface area contributed by atoms with Crippen LogP contribution in [0, 0.1) is 5.92 Å². The molecule has 1 atom stereocenters. The maximum Gasteiger partial charge on any atom is 0.283 e. The molecule has 5 heteroatoms. The fourth-order valence-electron chi connectivity index (χ4n) is 1.19. The Balaban J connectivity index is 2.94. The highest BCUT2D eigenvalue weighted by Crippen LogP contribution is 2.13. The van der Waals surface area contributed by atoms with Gasteiger partial charge < -0.3 is 5.73 Å². The molecule has 0 aliphatic carbocycles. The normalized spacial score (nSPS) is 13.2. The van der Waals surface area contributed by atoms with Gasteiger partial charge in [-0.2, -0.15) is 0 Å². The maximum atomic E-state index is 11.1. The van der Waals surface area contributed by atoms with E-state index in [4.69, 9.17) is 17.3 Å². The summed E-state index contributed by atoms with van der Waals surface area (Å²) in [7, 11) is 1.77. The van der Waals surface area contributed by atoms with Crippen LogP contribution in [-0.2, 0) is 13.5 Å². The topological polar surface area (TPSA) is 63.8 Å². The molecule has 0 saturated heterocycles. The fourth-order valence-corrected chi connectivity index (χ4v) is 1.43. The minimum Gasteiger partial charge on any atom is -0.330 e. The molecule has 3 N–H and O–H groups in total. The Hall–Kier alpha value is -0.740. The monoisotopic (exact) mass is 203 g/mol. The summed E-state index contributed by atoms with van der Waals surface area (Å²) < 4.78 is 1.65. The van der Waals surface area contributed by atoms with E-state index in [9.17, 15) is 4.79 Å². The van der Waals surface area contributed by atoms with Crippen LogP contribution in [0.15, 0.2) is 4.79 Å². The summed E-state index contributed by atoms with van der Waals surface area (Å²) in [6.07, 6.45) is 0.727. The lowest BCUT2D eigenvalue weighted by atomic mass is 10.1. The lowest BCUT2D eigenvalue weighted by Crippen LogP contribution is -2.15. The number of hydrogen-bond donors (Lipinski definition) is 2. The van der Waals surface area contributed by atoms with Crippen LogP contribution >= 0.6 is 11.6 Å². The van der Waals surface area contributed by atoms with Crippen LogP contribution in [-0.4, -0.2) is 16.3 Å². The van der Waals surface area contributed by atoms with E-state index in [1.165, 1.54) is 0 Å². The first kappa shape index (κ1) is 10.3. The van der Waals surface area contributed by atoms with Crippen molar-refractivity contribution in [1.82, 2.24) is 9.78 Å². The molecule has 1 aromatic heterocycles. The van der Waals surface area contributed by atoms with Gasteiger partial charge in [0.2, 0.25) is 0 Å². The van der Waals surface area contributed by atoms with Crippen molar-refractivity contribution in [3.63, 3.8) is 0 Å². The lowest BCUT2D eigenvalue weighted by molar-refractivity contribution is 0.558. The van der Waals surface area contributed by atoms with E-state index in [0.717, 1.165) is 12.1 Å². The van der Waals surface area contributed by atoms with Gasteiger partial charge in [-0.25, -0.2) is 0 Å². The number of rotatable bonds is 3. The molecule has 1 rings (SSSR count). The fraction of sp³-hybridized carbons (Fsp3) is 0.625. The number of nitrogens with zero attached hydrogens (tertiary/aromatic N) is 1. The van der Waals surface area contributed by atoms with Crippen molar-refractivity contribution in [3.05, 3.63) is 21.1 Å². The summed E-state index contributed by atoms with van der Waals surface area (Å²) in [5.41, 5.74) is 6.08. The largest absolute Gasteiger partial charge is 0.330 e. The zero-order valence-electron chi connectivity index (χ0n) is 7.80. The molecule has 0 amide bonds. The number of aromatic amines is 1. The van der Waals surface area contributed by atoms with Crippen LogP contribution in [0.5, 0.6) is 0 Å². The van der Waals surface area contributed by atoms with E-state index in [-0.39, 0.29) is 10.6 Å². The van der Waals surface area contributed by atoms with Gasteiger partial charge in [-0.1, -0.05) is 18.5 Å². The van der Waals surface area contributed by atoms with E-state index in [2.05, 4.69) is 5.10 Å². The molecule has 1 heterocycles. The Kier molecular flexibility index (Phi) is 3.17. The van der Waals surface area contributed by atoms with Gasteiger partial charge in [-0.3, -0.25) is 14.6 Å². The molecule has 0 fully saturated rings. The minimum atomic E-state index is -0.233. The predicted octanol–water partition coefficient (Wildman–Crippen LogP) is 0.504. The molecular formula is C8H14ClN3O. The number of nitrogens with one attached hydrogen (secondary N) is 1. The van der Waals surface area contributed by atoms with Gasteiger partial charge in [0.1, 0.15) is 5.02 Å². The highest BCUT2D eigenvalue weighted by Gasteiger charge is 2.12. The third kappa shape index (κ3) is 2.14. The molecule has 4 nitrogen and oxygen atoms in total. The van der Waals surface area contributed by atoms with Crippen LogP contribution in [0.25, 0.3) is 0 Å². The Morgan fingerprint density at radius 3 is 2.69 bits per heavy atom. The van der Waals surface area contributed by atoms with Crippen molar-refractivity contribution < 1.29 is 0 Å². The highest BCUT2D eigenvalue weighted by atomic mass is 35.5. The molecule has 0 aliphatic heterocycles. The second kappa shape index (κ2) is 3.98. The van der Waals surface area contributed by atoms with Crippen LogP contribution < -0.4 is 11.3 Å². The van der Waals surface area contributed by atoms with Crippen molar-refractivity contribution in [2.75, 3.05) is 6.54 Å². The molecule has 13 heavy (non-hydrogen) atoms. The molecule has 0 aliphatic rings. The van der Waals surface area contributed by atoms with Crippen LogP contribution in [0.1, 0.15) is 12.6 Å². The smallest absolute Gasteiger partial charge is 0.283 e. The first-order chi connectivity index (χ1) is 6.06. The summed E-state index contributed by atoms with van der Waals surface area (Å²) in [4.78, 5) is 11.1. The average Bonchev–Trinajstić information content (AvgIpc) is 2.32. The summed E-state index contributed by atoms with van der Waals surface area (Å²) in [5.74, 6) is 0.332. The summed E-state index contributed by atoms with van der Waals surface area (Å²) in [6, 6.07) is 0. The third-order valence-electron chi connectivity index (χ3n) is 2.07. The van der Waals surface area contributed by atoms with Crippen molar-refractivity contribution in [3.8, 4) is 0 Å². The number of hydrogen-bond acceptors (Lipinski definition) is 2. The van der Waals surface area contributed by atoms with Gasteiger partial charge >= 0.3 is 0 Å². The Morgan fingerprint density at radius 2 is 2.31 bits per heavy atom. The van der Waals surface area contributed by atoms with Crippen LogP contribution in [0.3, 0.4) is 0 Å². The predicted molar refractivity (Wildman–Crippen MR) is 53.0 cm³/mol. The third-order valence-corrected chi connectivity index (χ3v) is 2.46. The van der Waals surface area contributed by atoms with Gasteiger partial charge in [0.15, 0.2) is 0 Å². The number of aryl methyl sites for hydroxylation is 1. The SMILES string of the molecule is CC(CN)Cc1c(Cl)c(=O)[nH]n1C. The molecule has 0 saturated carbocycles. The second-order valence-corrected chi connectivity index (χ2v) is 3.68. The number of halogens is 1. The molecular weight excluding hydrogens is 190 g/mol. The van der Waals surface area contributed by atoms with Crippen molar-refractivity contribution >= 4 is 11.6 Å². The summed E-state index contributed by atoms with van der Waals surface area (Å²) in [5, 5.41) is 2.87. The van der Waals surface area contributed by atoms with Crippen molar-refractivity contribution in [2.24, 2.45) is 18.7 Å². The molecule has 0 aromatic carbocycles. The van der Waals surface area contributed by atoms with Gasteiger partial charge in [-0.05, 0) is 18.9 Å². The molecule has 74 valence electrons. The van der Waals surface area contributed by atoms with E-state index >= 15 is 0 Å². The first-order valence-electron chi connectivity index (χ1n) is 4.19. The quantitative estimate of drug-likeness (QED) is 0.752. The number of nitrogens with two attached hydrogens (primary N) is 1. The maximum absolute atomic E-state index is 11.1. The van der Waals surface area contributed by atoms with Crippen LogP contribution in [0.4, 0.5) is 0 Å². The van der Waals surface area contributed by atoms with Gasteiger partial charge in [-0.15, -0.1) is 0 Å². The average molecular weight is 204 g/mol. The molecule has 0 radical (unpaired) electrons.